The molecule has 1 heterocycles. The third kappa shape index (κ3) is 2.38. The summed E-state index contributed by atoms with van der Waals surface area (Å²) < 4.78 is 2.04. The highest BCUT2D eigenvalue weighted by molar-refractivity contribution is 5.45. The number of aromatic nitrogens is 2. The molecule has 0 aliphatic carbocycles. The summed E-state index contributed by atoms with van der Waals surface area (Å²) in [5, 5.41) is 3.21. The zero-order valence-electron chi connectivity index (χ0n) is 10.3. The molecule has 0 unspecified atom stereocenters. The number of imidazole rings is 1. The molecule has 0 saturated heterocycles. The number of nitrogens with zero attached hydrogens (tertiary/aromatic N) is 2. The lowest BCUT2D eigenvalue weighted by Crippen LogP contribution is -2.05. The van der Waals surface area contributed by atoms with Crippen molar-refractivity contribution in [3.63, 3.8) is 0 Å². The molecule has 2 aromatic rings. The largest absolute Gasteiger partial charge is 0.352 e. The Morgan fingerprint density at radius 1 is 1.35 bits per heavy atom. The second kappa shape index (κ2) is 4.87. The molecule has 0 spiro atoms. The highest BCUT2D eigenvalue weighted by Crippen LogP contribution is 2.17. The number of anilines is 1. The predicted octanol–water partition coefficient (Wildman–Crippen LogP) is 3.09. The van der Waals surface area contributed by atoms with Crippen LogP contribution in [-0.4, -0.2) is 16.1 Å². The predicted molar refractivity (Wildman–Crippen MR) is 71.7 cm³/mol. The van der Waals surface area contributed by atoms with E-state index in [1.54, 1.807) is 6.20 Å². The third-order valence-electron chi connectivity index (χ3n) is 2.81. The monoisotopic (exact) mass is 227 g/mol. The van der Waals surface area contributed by atoms with Crippen LogP contribution in [-0.2, 0) is 0 Å². The van der Waals surface area contributed by atoms with Crippen LogP contribution >= 0.6 is 0 Å². The third-order valence-corrected chi connectivity index (χ3v) is 2.81. The molecule has 88 valence electrons. The maximum Gasteiger partial charge on any atom is 0.207 e. The Hall–Kier alpha value is -2.03. The summed E-state index contributed by atoms with van der Waals surface area (Å²) >= 11 is 0. The first-order valence-corrected chi connectivity index (χ1v) is 5.68. The zero-order chi connectivity index (χ0) is 12.3. The number of nitrogens with one attached hydrogen (secondary N) is 1. The average molecular weight is 227 g/mol. The van der Waals surface area contributed by atoms with Gasteiger partial charge in [-0.15, -0.1) is 6.58 Å². The maximum atomic E-state index is 4.29. The fourth-order valence-corrected chi connectivity index (χ4v) is 1.68. The van der Waals surface area contributed by atoms with Crippen LogP contribution in [0.15, 0.2) is 43.2 Å². The van der Waals surface area contributed by atoms with Gasteiger partial charge in [-0.05, 0) is 37.1 Å². The quantitative estimate of drug-likeness (QED) is 0.813. The highest BCUT2D eigenvalue weighted by Gasteiger charge is 2.04. The van der Waals surface area contributed by atoms with Gasteiger partial charge in [0.05, 0.1) is 0 Å². The summed E-state index contributed by atoms with van der Waals surface area (Å²) in [5.41, 5.74) is 3.71. The molecule has 0 atom stereocenters. The zero-order valence-corrected chi connectivity index (χ0v) is 10.3. The van der Waals surface area contributed by atoms with Gasteiger partial charge in [-0.25, -0.2) is 4.98 Å². The van der Waals surface area contributed by atoms with Crippen molar-refractivity contribution in [2.24, 2.45) is 0 Å². The van der Waals surface area contributed by atoms with E-state index in [4.69, 9.17) is 0 Å². The molecule has 2 rings (SSSR count). The summed E-state index contributed by atoms with van der Waals surface area (Å²) in [5.74, 6) is 0.841. The first-order valence-electron chi connectivity index (χ1n) is 5.68. The molecule has 1 aromatic heterocycles. The van der Waals surface area contributed by atoms with Crippen LogP contribution in [0.25, 0.3) is 5.69 Å². The van der Waals surface area contributed by atoms with E-state index in [9.17, 15) is 0 Å². The van der Waals surface area contributed by atoms with Crippen molar-refractivity contribution in [3.05, 3.63) is 54.4 Å². The number of benzene rings is 1. The van der Waals surface area contributed by atoms with E-state index in [2.05, 4.69) is 48.9 Å². The minimum atomic E-state index is 0.710. The second-order valence-electron chi connectivity index (χ2n) is 4.06. The van der Waals surface area contributed by atoms with Crippen molar-refractivity contribution < 1.29 is 0 Å². The molecule has 0 radical (unpaired) electrons. The molecule has 0 saturated carbocycles. The smallest absolute Gasteiger partial charge is 0.207 e. The van der Waals surface area contributed by atoms with Gasteiger partial charge >= 0.3 is 0 Å². The average Bonchev–Trinajstić information content (AvgIpc) is 2.78. The topological polar surface area (TPSA) is 29.9 Å². The van der Waals surface area contributed by atoms with Gasteiger partial charge < -0.3 is 5.32 Å². The van der Waals surface area contributed by atoms with Crippen LogP contribution in [0.5, 0.6) is 0 Å². The minimum Gasteiger partial charge on any atom is -0.352 e. The van der Waals surface area contributed by atoms with Gasteiger partial charge in [-0.3, -0.25) is 4.57 Å². The van der Waals surface area contributed by atoms with E-state index < -0.39 is 0 Å². The maximum absolute atomic E-state index is 4.29. The Morgan fingerprint density at radius 2 is 2.18 bits per heavy atom. The van der Waals surface area contributed by atoms with Crippen molar-refractivity contribution >= 4 is 5.95 Å². The van der Waals surface area contributed by atoms with Crippen LogP contribution in [0.2, 0.25) is 0 Å². The van der Waals surface area contributed by atoms with E-state index in [1.165, 1.54) is 11.1 Å². The fraction of sp³-hybridized carbons (Fsp3) is 0.214. The number of hydrogen-bond donors (Lipinski definition) is 1. The van der Waals surface area contributed by atoms with Crippen molar-refractivity contribution in [2.45, 2.75) is 13.8 Å². The van der Waals surface area contributed by atoms with Gasteiger partial charge in [0.25, 0.3) is 0 Å². The summed E-state index contributed by atoms with van der Waals surface area (Å²) in [6.45, 7) is 8.63. The summed E-state index contributed by atoms with van der Waals surface area (Å²) in [6, 6.07) is 6.39. The Balaban J connectivity index is 2.35. The molecule has 0 bridgehead atoms. The van der Waals surface area contributed by atoms with Crippen molar-refractivity contribution in [1.82, 2.24) is 9.55 Å². The Kier molecular flexibility index (Phi) is 3.28. The van der Waals surface area contributed by atoms with Crippen LogP contribution in [0.3, 0.4) is 0 Å². The van der Waals surface area contributed by atoms with E-state index >= 15 is 0 Å². The van der Waals surface area contributed by atoms with Crippen molar-refractivity contribution in [1.29, 1.82) is 0 Å². The van der Waals surface area contributed by atoms with Gasteiger partial charge in [0.1, 0.15) is 0 Å². The first-order chi connectivity index (χ1) is 8.22. The molecule has 0 aliphatic rings. The van der Waals surface area contributed by atoms with E-state index in [0.717, 1.165) is 11.6 Å². The van der Waals surface area contributed by atoms with Gasteiger partial charge in [0.2, 0.25) is 5.95 Å². The van der Waals surface area contributed by atoms with Crippen molar-refractivity contribution in [3.8, 4) is 5.69 Å². The van der Waals surface area contributed by atoms with Gasteiger partial charge in [-0.1, -0.05) is 12.1 Å². The lowest BCUT2D eigenvalue weighted by molar-refractivity contribution is 1.03. The SMILES string of the molecule is C=CCNc1nccn1-c1ccc(C)c(C)c1. The van der Waals surface area contributed by atoms with Crippen LogP contribution in [0, 0.1) is 13.8 Å². The molecular weight excluding hydrogens is 210 g/mol. The van der Waals surface area contributed by atoms with Gasteiger partial charge in [0.15, 0.2) is 0 Å². The van der Waals surface area contributed by atoms with Crippen LogP contribution in [0.4, 0.5) is 5.95 Å². The fourth-order valence-electron chi connectivity index (χ4n) is 1.68. The number of rotatable bonds is 4. The molecule has 0 amide bonds. The van der Waals surface area contributed by atoms with Crippen molar-refractivity contribution in [2.75, 3.05) is 11.9 Å². The molecule has 0 fully saturated rings. The van der Waals surface area contributed by atoms with E-state index in [-0.39, 0.29) is 0 Å². The Morgan fingerprint density at radius 3 is 2.88 bits per heavy atom. The van der Waals surface area contributed by atoms with Crippen LogP contribution < -0.4 is 5.32 Å². The molecule has 3 heteroatoms. The number of hydrogen-bond acceptors (Lipinski definition) is 2. The standard InChI is InChI=1S/C14H17N3/c1-4-7-15-14-16-8-9-17(14)13-6-5-11(2)12(3)10-13/h4-6,8-10H,1,7H2,2-3H3,(H,15,16). The molecule has 0 aliphatic heterocycles. The molecule has 3 nitrogen and oxygen atoms in total. The van der Waals surface area contributed by atoms with E-state index in [0.29, 0.717) is 6.54 Å². The second-order valence-corrected chi connectivity index (χ2v) is 4.06. The highest BCUT2D eigenvalue weighted by atomic mass is 15.2. The summed E-state index contributed by atoms with van der Waals surface area (Å²) in [4.78, 5) is 4.29. The van der Waals surface area contributed by atoms with Crippen LogP contribution in [0.1, 0.15) is 11.1 Å². The molecular formula is C14H17N3. The lowest BCUT2D eigenvalue weighted by Gasteiger charge is -2.10. The molecule has 17 heavy (non-hydrogen) atoms. The molecule has 1 aromatic carbocycles. The Labute approximate surface area is 102 Å². The minimum absolute atomic E-state index is 0.710. The Bertz CT molecular complexity index is 526. The normalized spacial score (nSPS) is 10.2. The van der Waals surface area contributed by atoms with Gasteiger partial charge in [-0.2, -0.15) is 0 Å². The van der Waals surface area contributed by atoms with Gasteiger partial charge in [0, 0.05) is 24.6 Å². The molecule has 1 N–H and O–H groups in total. The lowest BCUT2D eigenvalue weighted by atomic mass is 10.1. The first kappa shape index (κ1) is 11.5. The van der Waals surface area contributed by atoms with E-state index in [1.807, 2.05) is 16.8 Å². The summed E-state index contributed by atoms with van der Waals surface area (Å²) in [7, 11) is 0. The summed E-state index contributed by atoms with van der Waals surface area (Å²) in [6.07, 6.45) is 5.57. The number of aryl methyl sites for hydroxylation is 2.